The second kappa shape index (κ2) is 7.81. The Hall–Kier alpha value is -4.20. The van der Waals surface area contributed by atoms with Crippen molar-refractivity contribution in [3.8, 4) is 28.3 Å². The molecule has 4 aromatic rings. The molecule has 4 rings (SSSR count). The Morgan fingerprint density at radius 2 is 1.76 bits per heavy atom. The standard InChI is InChI=1S/C21H17N5O3/c1-29-19-8-3-2-7-15(19)17-12-18(25-24-17)21(28)22-14-6-4-5-13(11-14)16-9-10-20(27)26-23-16/h2-12H,1H3,(H,22,28)(H,24,25)(H,26,27). The molecule has 2 aromatic carbocycles. The number of methoxy groups -OCH3 is 1. The highest BCUT2D eigenvalue weighted by atomic mass is 16.5. The largest absolute Gasteiger partial charge is 0.496 e. The highest BCUT2D eigenvalue weighted by Gasteiger charge is 2.14. The van der Waals surface area contributed by atoms with E-state index in [0.29, 0.717) is 28.5 Å². The van der Waals surface area contributed by atoms with E-state index in [2.05, 4.69) is 25.7 Å². The predicted molar refractivity (Wildman–Crippen MR) is 109 cm³/mol. The fourth-order valence-electron chi connectivity index (χ4n) is 2.89. The van der Waals surface area contributed by atoms with E-state index in [0.717, 1.165) is 11.1 Å². The van der Waals surface area contributed by atoms with Crippen molar-refractivity contribution in [1.29, 1.82) is 0 Å². The van der Waals surface area contributed by atoms with Crippen molar-refractivity contribution in [3.63, 3.8) is 0 Å². The van der Waals surface area contributed by atoms with Gasteiger partial charge in [0.2, 0.25) is 0 Å². The van der Waals surface area contributed by atoms with Crippen molar-refractivity contribution >= 4 is 11.6 Å². The number of anilines is 1. The molecule has 0 saturated heterocycles. The lowest BCUT2D eigenvalue weighted by Gasteiger charge is -2.06. The minimum absolute atomic E-state index is 0.275. The van der Waals surface area contributed by atoms with Gasteiger partial charge in [0.1, 0.15) is 11.4 Å². The minimum Gasteiger partial charge on any atom is -0.496 e. The van der Waals surface area contributed by atoms with Crippen molar-refractivity contribution in [2.45, 2.75) is 0 Å². The third-order valence-corrected chi connectivity index (χ3v) is 4.30. The molecule has 29 heavy (non-hydrogen) atoms. The third kappa shape index (κ3) is 3.91. The molecule has 0 unspecified atom stereocenters. The molecule has 144 valence electrons. The summed E-state index contributed by atoms with van der Waals surface area (Å²) in [5.74, 6) is 0.345. The SMILES string of the molecule is COc1ccccc1-c1cc(C(=O)Nc2cccc(-c3ccc(=O)[nH]n3)c2)[nH]n1. The molecule has 0 aliphatic rings. The molecule has 0 atom stereocenters. The van der Waals surface area contributed by atoms with Gasteiger partial charge in [-0.25, -0.2) is 5.10 Å². The van der Waals surface area contributed by atoms with Gasteiger partial charge < -0.3 is 10.1 Å². The van der Waals surface area contributed by atoms with Crippen molar-refractivity contribution in [2.75, 3.05) is 12.4 Å². The maximum absolute atomic E-state index is 12.6. The molecular formula is C21H17N5O3. The number of carbonyl (C=O) groups is 1. The summed E-state index contributed by atoms with van der Waals surface area (Å²) in [6.45, 7) is 0. The van der Waals surface area contributed by atoms with Gasteiger partial charge >= 0.3 is 0 Å². The maximum Gasteiger partial charge on any atom is 0.273 e. The van der Waals surface area contributed by atoms with Crippen LogP contribution in [0.15, 0.2) is 71.5 Å². The Morgan fingerprint density at radius 3 is 2.55 bits per heavy atom. The second-order valence-corrected chi connectivity index (χ2v) is 6.21. The van der Waals surface area contributed by atoms with Gasteiger partial charge in [0.05, 0.1) is 18.5 Å². The molecule has 1 amide bonds. The average molecular weight is 387 g/mol. The van der Waals surface area contributed by atoms with Crippen LogP contribution in [0.1, 0.15) is 10.5 Å². The van der Waals surface area contributed by atoms with E-state index < -0.39 is 0 Å². The first kappa shape index (κ1) is 18.2. The summed E-state index contributed by atoms with van der Waals surface area (Å²) in [5, 5.41) is 16.2. The van der Waals surface area contributed by atoms with E-state index in [9.17, 15) is 9.59 Å². The van der Waals surface area contributed by atoms with Gasteiger partial charge in [0.15, 0.2) is 0 Å². The first-order valence-corrected chi connectivity index (χ1v) is 8.80. The van der Waals surface area contributed by atoms with E-state index in [-0.39, 0.29) is 11.5 Å². The molecular weight excluding hydrogens is 370 g/mol. The lowest BCUT2D eigenvalue weighted by molar-refractivity contribution is 0.102. The molecule has 2 aromatic heterocycles. The zero-order valence-corrected chi connectivity index (χ0v) is 15.5. The summed E-state index contributed by atoms with van der Waals surface area (Å²) >= 11 is 0. The summed E-state index contributed by atoms with van der Waals surface area (Å²) in [5.41, 5.74) is 3.39. The molecule has 3 N–H and O–H groups in total. The summed E-state index contributed by atoms with van der Waals surface area (Å²) in [4.78, 5) is 23.8. The first-order valence-electron chi connectivity index (χ1n) is 8.80. The Morgan fingerprint density at radius 1 is 0.931 bits per heavy atom. The number of rotatable bonds is 5. The molecule has 8 heteroatoms. The van der Waals surface area contributed by atoms with Gasteiger partial charge in [-0.3, -0.25) is 14.7 Å². The Balaban J connectivity index is 1.55. The van der Waals surface area contributed by atoms with Gasteiger partial charge in [-0.2, -0.15) is 10.2 Å². The van der Waals surface area contributed by atoms with Crippen molar-refractivity contribution < 1.29 is 9.53 Å². The quantitative estimate of drug-likeness (QED) is 0.487. The topological polar surface area (TPSA) is 113 Å². The number of ether oxygens (including phenoxy) is 1. The number of amides is 1. The molecule has 0 aliphatic heterocycles. The first-order chi connectivity index (χ1) is 14.1. The molecule has 0 bridgehead atoms. The van der Waals surface area contributed by atoms with Crippen molar-refractivity contribution in [1.82, 2.24) is 20.4 Å². The summed E-state index contributed by atoms with van der Waals surface area (Å²) < 4.78 is 5.35. The number of nitrogens with zero attached hydrogens (tertiary/aromatic N) is 2. The van der Waals surface area contributed by atoms with Gasteiger partial charge in [-0.1, -0.05) is 24.3 Å². The number of aromatic amines is 2. The molecule has 8 nitrogen and oxygen atoms in total. The molecule has 2 heterocycles. The van der Waals surface area contributed by atoms with Crippen LogP contribution in [0.25, 0.3) is 22.5 Å². The van der Waals surface area contributed by atoms with Gasteiger partial charge in [0.25, 0.3) is 11.5 Å². The van der Waals surface area contributed by atoms with Crippen LogP contribution in [0, 0.1) is 0 Å². The minimum atomic E-state index is -0.328. The molecule has 0 radical (unpaired) electrons. The van der Waals surface area contributed by atoms with Gasteiger partial charge in [0, 0.05) is 22.9 Å². The molecule has 0 aliphatic carbocycles. The van der Waals surface area contributed by atoms with Crippen LogP contribution >= 0.6 is 0 Å². The smallest absolute Gasteiger partial charge is 0.273 e. The summed E-state index contributed by atoms with van der Waals surface area (Å²) in [7, 11) is 1.59. The van der Waals surface area contributed by atoms with Crippen LogP contribution in [0.5, 0.6) is 5.75 Å². The lowest BCUT2D eigenvalue weighted by Crippen LogP contribution is -2.12. The van der Waals surface area contributed by atoms with Crippen LogP contribution in [-0.4, -0.2) is 33.4 Å². The number of para-hydroxylation sites is 1. The number of carbonyl (C=O) groups excluding carboxylic acids is 1. The Bertz CT molecular complexity index is 1210. The van der Waals surface area contributed by atoms with Gasteiger partial charge in [-0.05, 0) is 36.4 Å². The normalized spacial score (nSPS) is 10.5. The maximum atomic E-state index is 12.6. The van der Waals surface area contributed by atoms with E-state index in [4.69, 9.17) is 4.74 Å². The Labute approximate surface area is 165 Å². The third-order valence-electron chi connectivity index (χ3n) is 4.30. The van der Waals surface area contributed by atoms with Gasteiger partial charge in [-0.15, -0.1) is 0 Å². The number of H-pyrrole nitrogens is 2. The van der Waals surface area contributed by atoms with E-state index in [1.54, 1.807) is 37.4 Å². The van der Waals surface area contributed by atoms with Crippen LogP contribution in [0.4, 0.5) is 5.69 Å². The molecule has 0 saturated carbocycles. The van der Waals surface area contributed by atoms with Crippen LogP contribution in [0.2, 0.25) is 0 Å². The van der Waals surface area contributed by atoms with Crippen molar-refractivity contribution in [2.24, 2.45) is 0 Å². The molecule has 0 fully saturated rings. The highest BCUT2D eigenvalue weighted by molar-refractivity contribution is 6.03. The highest BCUT2D eigenvalue weighted by Crippen LogP contribution is 2.28. The van der Waals surface area contributed by atoms with E-state index in [1.165, 1.54) is 6.07 Å². The summed E-state index contributed by atoms with van der Waals surface area (Å²) in [6, 6.07) is 19.3. The number of benzene rings is 2. The van der Waals surface area contributed by atoms with Crippen LogP contribution in [-0.2, 0) is 0 Å². The van der Waals surface area contributed by atoms with Crippen LogP contribution in [0.3, 0.4) is 0 Å². The number of hydrogen-bond acceptors (Lipinski definition) is 5. The lowest BCUT2D eigenvalue weighted by atomic mass is 10.1. The fraction of sp³-hybridized carbons (Fsp3) is 0.0476. The van der Waals surface area contributed by atoms with Crippen LogP contribution < -0.4 is 15.6 Å². The number of aromatic nitrogens is 4. The zero-order chi connectivity index (χ0) is 20.2. The summed E-state index contributed by atoms with van der Waals surface area (Å²) in [6.07, 6.45) is 0. The van der Waals surface area contributed by atoms with E-state index >= 15 is 0 Å². The number of hydrogen-bond donors (Lipinski definition) is 3. The monoisotopic (exact) mass is 387 g/mol. The Kier molecular flexibility index (Phi) is 4.90. The zero-order valence-electron chi connectivity index (χ0n) is 15.5. The predicted octanol–water partition coefficient (Wildman–Crippen LogP) is 3.09. The van der Waals surface area contributed by atoms with Crippen molar-refractivity contribution in [3.05, 3.63) is 82.8 Å². The van der Waals surface area contributed by atoms with E-state index in [1.807, 2.05) is 30.3 Å². The second-order valence-electron chi connectivity index (χ2n) is 6.21. The fourth-order valence-corrected chi connectivity index (χ4v) is 2.89. The molecule has 0 spiro atoms. The number of nitrogens with one attached hydrogen (secondary N) is 3. The average Bonchev–Trinajstić information content (AvgIpc) is 3.25.